The fourth-order valence-corrected chi connectivity index (χ4v) is 3.12. The minimum atomic E-state index is 0.223. The standard InChI is InChI=1S/C17H21BrN2/c1-2-15(13-8-4-3-5-9-13)17(20-19)12-14-10-6-7-11-16(14)18/h3-11,15,17,20H,2,12,19H2,1H3. The van der Waals surface area contributed by atoms with Crippen LogP contribution in [0.5, 0.6) is 0 Å². The van der Waals surface area contributed by atoms with E-state index in [1.165, 1.54) is 11.1 Å². The van der Waals surface area contributed by atoms with Gasteiger partial charge in [-0.3, -0.25) is 11.3 Å². The molecule has 0 radical (unpaired) electrons. The minimum absolute atomic E-state index is 0.223. The van der Waals surface area contributed by atoms with E-state index < -0.39 is 0 Å². The molecule has 2 atom stereocenters. The van der Waals surface area contributed by atoms with Gasteiger partial charge in [-0.25, -0.2) is 0 Å². The van der Waals surface area contributed by atoms with Crippen LogP contribution >= 0.6 is 15.9 Å². The molecule has 0 aliphatic rings. The molecule has 3 N–H and O–H groups in total. The highest BCUT2D eigenvalue weighted by atomic mass is 79.9. The largest absolute Gasteiger partial charge is 0.271 e. The van der Waals surface area contributed by atoms with Crippen molar-refractivity contribution >= 4 is 15.9 Å². The number of hydrazine groups is 1. The van der Waals surface area contributed by atoms with Gasteiger partial charge in [-0.2, -0.15) is 0 Å². The number of nitrogens with one attached hydrogen (secondary N) is 1. The summed E-state index contributed by atoms with van der Waals surface area (Å²) in [6, 6.07) is 19.1. The Labute approximate surface area is 129 Å². The molecule has 106 valence electrons. The van der Waals surface area contributed by atoms with Crippen LogP contribution in [0.4, 0.5) is 0 Å². The SMILES string of the molecule is CCC(c1ccccc1)C(Cc1ccccc1Br)NN. The molecule has 2 aromatic rings. The lowest BCUT2D eigenvalue weighted by Crippen LogP contribution is -2.41. The summed E-state index contributed by atoms with van der Waals surface area (Å²) >= 11 is 3.61. The highest BCUT2D eigenvalue weighted by molar-refractivity contribution is 9.10. The predicted octanol–water partition coefficient (Wildman–Crippen LogP) is 4.02. The normalized spacial score (nSPS) is 13.9. The molecule has 0 bridgehead atoms. The molecule has 0 aromatic heterocycles. The summed E-state index contributed by atoms with van der Waals surface area (Å²) in [6.45, 7) is 2.21. The Hall–Kier alpha value is -1.16. The van der Waals surface area contributed by atoms with E-state index in [4.69, 9.17) is 5.84 Å². The van der Waals surface area contributed by atoms with Crippen molar-refractivity contribution in [2.75, 3.05) is 0 Å². The summed E-state index contributed by atoms with van der Waals surface area (Å²) in [5, 5.41) is 0. The molecule has 2 aromatic carbocycles. The van der Waals surface area contributed by atoms with E-state index in [1.807, 2.05) is 6.07 Å². The molecule has 0 aliphatic carbocycles. The molecule has 0 heterocycles. The highest BCUT2D eigenvalue weighted by Crippen LogP contribution is 2.27. The van der Waals surface area contributed by atoms with E-state index in [9.17, 15) is 0 Å². The van der Waals surface area contributed by atoms with Crippen molar-refractivity contribution in [3.05, 3.63) is 70.2 Å². The van der Waals surface area contributed by atoms with E-state index in [2.05, 4.69) is 76.8 Å². The number of hydrogen-bond donors (Lipinski definition) is 2. The van der Waals surface area contributed by atoms with Crippen LogP contribution in [0.15, 0.2) is 59.1 Å². The van der Waals surface area contributed by atoms with Gasteiger partial charge in [0.05, 0.1) is 0 Å². The second-order valence-corrected chi connectivity index (χ2v) is 5.85. The molecule has 0 spiro atoms. The second-order valence-electron chi connectivity index (χ2n) is 4.99. The molecule has 2 rings (SSSR count). The topological polar surface area (TPSA) is 38.0 Å². The first-order chi connectivity index (χ1) is 9.76. The van der Waals surface area contributed by atoms with Gasteiger partial charge >= 0.3 is 0 Å². The zero-order valence-corrected chi connectivity index (χ0v) is 13.3. The van der Waals surface area contributed by atoms with Crippen molar-refractivity contribution in [3.8, 4) is 0 Å². The molecule has 0 amide bonds. The van der Waals surface area contributed by atoms with Gasteiger partial charge in [0.2, 0.25) is 0 Å². The lowest BCUT2D eigenvalue weighted by molar-refractivity contribution is 0.427. The third-order valence-corrected chi connectivity index (χ3v) is 4.54. The summed E-state index contributed by atoms with van der Waals surface area (Å²) < 4.78 is 1.14. The molecular formula is C17H21BrN2. The van der Waals surface area contributed by atoms with Crippen molar-refractivity contribution in [1.29, 1.82) is 0 Å². The minimum Gasteiger partial charge on any atom is -0.271 e. The van der Waals surface area contributed by atoms with Gasteiger partial charge in [0, 0.05) is 16.4 Å². The lowest BCUT2D eigenvalue weighted by atomic mass is 9.86. The lowest BCUT2D eigenvalue weighted by Gasteiger charge is -2.26. The van der Waals surface area contributed by atoms with E-state index in [0.717, 1.165) is 17.3 Å². The van der Waals surface area contributed by atoms with Crippen molar-refractivity contribution in [2.45, 2.75) is 31.7 Å². The van der Waals surface area contributed by atoms with Crippen molar-refractivity contribution in [3.63, 3.8) is 0 Å². The van der Waals surface area contributed by atoms with Gasteiger partial charge in [0.15, 0.2) is 0 Å². The summed E-state index contributed by atoms with van der Waals surface area (Å²) in [6.07, 6.45) is 1.97. The van der Waals surface area contributed by atoms with Gasteiger partial charge in [-0.15, -0.1) is 0 Å². The van der Waals surface area contributed by atoms with Crippen LogP contribution in [0.2, 0.25) is 0 Å². The summed E-state index contributed by atoms with van der Waals surface area (Å²) in [5.74, 6) is 6.23. The van der Waals surface area contributed by atoms with Gasteiger partial charge in [0.1, 0.15) is 0 Å². The monoisotopic (exact) mass is 332 g/mol. The predicted molar refractivity (Wildman–Crippen MR) is 88.4 cm³/mol. The molecule has 0 fully saturated rings. The van der Waals surface area contributed by atoms with Crippen molar-refractivity contribution in [1.82, 2.24) is 5.43 Å². The number of halogens is 1. The van der Waals surface area contributed by atoms with Crippen LogP contribution in [0, 0.1) is 0 Å². The maximum atomic E-state index is 5.82. The van der Waals surface area contributed by atoms with Crippen LogP contribution in [-0.2, 0) is 6.42 Å². The van der Waals surface area contributed by atoms with Gasteiger partial charge in [-0.05, 0) is 30.0 Å². The summed E-state index contributed by atoms with van der Waals surface area (Å²) in [4.78, 5) is 0. The second kappa shape index (κ2) is 7.58. The van der Waals surface area contributed by atoms with E-state index in [-0.39, 0.29) is 6.04 Å². The Morgan fingerprint density at radius 3 is 2.30 bits per heavy atom. The molecule has 0 aliphatic heterocycles. The van der Waals surface area contributed by atoms with Crippen molar-refractivity contribution < 1.29 is 0 Å². The molecule has 2 nitrogen and oxygen atoms in total. The first-order valence-electron chi connectivity index (χ1n) is 7.00. The summed E-state index contributed by atoms with van der Waals surface area (Å²) in [7, 11) is 0. The zero-order chi connectivity index (χ0) is 14.4. The Balaban J connectivity index is 2.20. The maximum absolute atomic E-state index is 5.82. The average molecular weight is 333 g/mol. The first-order valence-corrected chi connectivity index (χ1v) is 7.80. The van der Waals surface area contributed by atoms with Crippen LogP contribution < -0.4 is 11.3 Å². The Kier molecular flexibility index (Phi) is 5.77. The highest BCUT2D eigenvalue weighted by Gasteiger charge is 2.21. The van der Waals surface area contributed by atoms with Crippen LogP contribution in [0.1, 0.15) is 30.4 Å². The number of benzene rings is 2. The third-order valence-electron chi connectivity index (χ3n) is 3.76. The zero-order valence-electron chi connectivity index (χ0n) is 11.7. The molecule has 0 saturated heterocycles. The van der Waals surface area contributed by atoms with Gasteiger partial charge < -0.3 is 0 Å². The Bertz CT molecular complexity index is 528. The fourth-order valence-electron chi connectivity index (χ4n) is 2.67. The summed E-state index contributed by atoms with van der Waals surface area (Å²) in [5.41, 5.74) is 5.63. The first kappa shape index (κ1) is 15.2. The van der Waals surface area contributed by atoms with E-state index in [1.54, 1.807) is 0 Å². The molecule has 0 saturated carbocycles. The van der Waals surface area contributed by atoms with Crippen molar-refractivity contribution in [2.24, 2.45) is 5.84 Å². The quantitative estimate of drug-likeness (QED) is 0.619. The smallest absolute Gasteiger partial charge is 0.0319 e. The van der Waals surface area contributed by atoms with Gasteiger partial charge in [-0.1, -0.05) is 71.4 Å². The number of nitrogens with two attached hydrogens (primary N) is 1. The maximum Gasteiger partial charge on any atom is 0.0319 e. The third kappa shape index (κ3) is 3.69. The van der Waals surface area contributed by atoms with Crippen LogP contribution in [-0.4, -0.2) is 6.04 Å². The van der Waals surface area contributed by atoms with Gasteiger partial charge in [0.25, 0.3) is 0 Å². The average Bonchev–Trinajstić information content (AvgIpc) is 2.50. The van der Waals surface area contributed by atoms with Crippen LogP contribution in [0.25, 0.3) is 0 Å². The molecule has 2 unspecified atom stereocenters. The Morgan fingerprint density at radius 2 is 1.70 bits per heavy atom. The van der Waals surface area contributed by atoms with E-state index >= 15 is 0 Å². The Morgan fingerprint density at radius 1 is 1.05 bits per heavy atom. The number of rotatable bonds is 6. The fraction of sp³-hybridized carbons (Fsp3) is 0.294. The van der Waals surface area contributed by atoms with E-state index in [0.29, 0.717) is 5.92 Å². The van der Waals surface area contributed by atoms with Crippen LogP contribution in [0.3, 0.4) is 0 Å². The molecule has 3 heteroatoms. The number of hydrogen-bond acceptors (Lipinski definition) is 2. The molecular weight excluding hydrogens is 312 g/mol. The molecule has 20 heavy (non-hydrogen) atoms.